The summed E-state index contributed by atoms with van der Waals surface area (Å²) in [4.78, 5) is 41.4. The van der Waals surface area contributed by atoms with Gasteiger partial charge in [0.25, 0.3) is 5.56 Å². The fraction of sp³-hybridized carbons (Fsp3) is 0.522. The van der Waals surface area contributed by atoms with Gasteiger partial charge in [-0.25, -0.2) is 9.36 Å². The van der Waals surface area contributed by atoms with E-state index in [2.05, 4.69) is 15.0 Å². The highest BCUT2D eigenvalue weighted by molar-refractivity contribution is 8.13. The standard InChI is InChI=1S/C23H30N5O10PS/c1-15-11-28(22(33)25-20(15)31)19-10-17(26-27-24)18(37-19)12-36-39(34,38-16-6-4-3-5-7-16)35-8-9-40-21(32)23(2,13-29)14-30/h3-7,11,17-19,29-30H,8-10,12-14H2,1-2H3,(H,25,31,33)/t17?,18-,19?,39?/m1/s1. The van der Waals surface area contributed by atoms with E-state index in [0.717, 1.165) is 16.3 Å². The lowest BCUT2D eigenvalue weighted by atomic mass is 9.95. The second-order valence-electron chi connectivity index (χ2n) is 9.11. The Kier molecular flexibility index (Phi) is 11.1. The van der Waals surface area contributed by atoms with Gasteiger partial charge in [0.15, 0.2) is 5.12 Å². The molecule has 218 valence electrons. The van der Waals surface area contributed by atoms with Crippen molar-refractivity contribution in [2.45, 2.75) is 38.6 Å². The number of nitrogens with zero attached hydrogens (tertiary/aromatic N) is 4. The van der Waals surface area contributed by atoms with Gasteiger partial charge in [0, 0.05) is 28.8 Å². The number of azide groups is 1. The molecule has 40 heavy (non-hydrogen) atoms. The monoisotopic (exact) mass is 599 g/mol. The first-order valence-electron chi connectivity index (χ1n) is 12.1. The fourth-order valence-electron chi connectivity index (χ4n) is 3.53. The lowest BCUT2D eigenvalue weighted by Crippen LogP contribution is -2.34. The van der Waals surface area contributed by atoms with E-state index in [1.807, 2.05) is 0 Å². The minimum Gasteiger partial charge on any atom is -0.404 e. The van der Waals surface area contributed by atoms with Gasteiger partial charge in [-0.15, -0.1) is 0 Å². The Bertz CT molecular complexity index is 1380. The van der Waals surface area contributed by atoms with Crippen LogP contribution < -0.4 is 15.8 Å². The highest BCUT2D eigenvalue weighted by atomic mass is 32.2. The number of aromatic amines is 1. The predicted molar refractivity (Wildman–Crippen MR) is 144 cm³/mol. The number of rotatable bonds is 14. The van der Waals surface area contributed by atoms with Crippen molar-refractivity contribution in [2.75, 3.05) is 32.2 Å². The summed E-state index contributed by atoms with van der Waals surface area (Å²) in [6.07, 6.45) is -0.465. The quantitative estimate of drug-likeness (QED) is 0.0941. The number of aryl methyl sites for hydroxylation is 1. The van der Waals surface area contributed by atoms with E-state index in [9.17, 15) is 29.2 Å². The van der Waals surface area contributed by atoms with E-state index in [4.69, 9.17) is 23.8 Å². The number of aromatic nitrogens is 2. The molecule has 1 aromatic heterocycles. The van der Waals surface area contributed by atoms with Crippen LogP contribution in [0.5, 0.6) is 5.75 Å². The van der Waals surface area contributed by atoms with E-state index < -0.39 is 67.8 Å². The van der Waals surface area contributed by atoms with Crippen molar-refractivity contribution < 1.29 is 37.9 Å². The number of benzene rings is 1. The Hall–Kier alpha value is -2.94. The second kappa shape index (κ2) is 14.1. The molecule has 2 heterocycles. The Balaban J connectivity index is 1.71. The summed E-state index contributed by atoms with van der Waals surface area (Å²) in [6.45, 7) is 1.16. The molecule has 2 aromatic rings. The number of phosphoric ester groups is 1. The summed E-state index contributed by atoms with van der Waals surface area (Å²) >= 11 is 0.778. The molecule has 1 fully saturated rings. The van der Waals surface area contributed by atoms with E-state index in [1.54, 1.807) is 18.2 Å². The van der Waals surface area contributed by atoms with Gasteiger partial charge in [-0.3, -0.25) is 28.2 Å². The molecule has 3 N–H and O–H groups in total. The molecule has 1 saturated heterocycles. The van der Waals surface area contributed by atoms with Crippen LogP contribution in [0, 0.1) is 12.3 Å². The molecular formula is C23H30N5O10PS. The second-order valence-corrected chi connectivity index (χ2v) is 11.8. The molecule has 17 heteroatoms. The van der Waals surface area contributed by atoms with Crippen LogP contribution in [0.4, 0.5) is 0 Å². The van der Waals surface area contributed by atoms with Gasteiger partial charge in [0.05, 0.1) is 44.0 Å². The van der Waals surface area contributed by atoms with Crippen LogP contribution in [-0.4, -0.2) is 69.2 Å². The summed E-state index contributed by atoms with van der Waals surface area (Å²) in [5.41, 5.74) is 6.69. The molecular weight excluding hydrogens is 569 g/mol. The maximum absolute atomic E-state index is 13.6. The van der Waals surface area contributed by atoms with Gasteiger partial charge in [0.1, 0.15) is 12.0 Å². The number of ether oxygens (including phenoxy) is 1. The number of nitrogens with one attached hydrogen (secondary N) is 1. The third kappa shape index (κ3) is 8.05. The summed E-state index contributed by atoms with van der Waals surface area (Å²) in [5.74, 6) is 0.187. The number of carbonyl (C=O) groups is 1. The van der Waals surface area contributed by atoms with Crippen molar-refractivity contribution >= 4 is 24.7 Å². The maximum Gasteiger partial charge on any atom is 0.530 e. The van der Waals surface area contributed by atoms with E-state index >= 15 is 0 Å². The lowest BCUT2D eigenvalue weighted by Gasteiger charge is -2.23. The van der Waals surface area contributed by atoms with Crippen molar-refractivity contribution in [3.05, 3.63) is 73.4 Å². The van der Waals surface area contributed by atoms with Crippen molar-refractivity contribution in [1.29, 1.82) is 0 Å². The number of thioether (sulfide) groups is 1. The molecule has 1 aliphatic heterocycles. The van der Waals surface area contributed by atoms with Crippen LogP contribution in [0.15, 0.2) is 51.2 Å². The molecule has 3 unspecified atom stereocenters. The minimum atomic E-state index is -4.32. The van der Waals surface area contributed by atoms with Crippen LogP contribution in [0.25, 0.3) is 10.4 Å². The number of para-hydroxylation sites is 1. The van der Waals surface area contributed by atoms with E-state index in [1.165, 1.54) is 32.2 Å². The SMILES string of the molecule is Cc1cn(C2CC(N=[N+]=[N-])[C@@H](COP(=O)(OCCSC(=O)C(C)(CO)CO)Oc3ccccc3)O2)c(=O)[nH]c1=O. The largest absolute Gasteiger partial charge is 0.530 e. The first-order valence-corrected chi connectivity index (χ1v) is 14.5. The van der Waals surface area contributed by atoms with Crippen LogP contribution in [0.2, 0.25) is 0 Å². The minimum absolute atomic E-state index is 0.0117. The first-order chi connectivity index (χ1) is 19.0. The van der Waals surface area contributed by atoms with Crippen molar-refractivity contribution in [2.24, 2.45) is 10.5 Å². The first kappa shape index (κ1) is 31.6. The highest BCUT2D eigenvalue weighted by Crippen LogP contribution is 2.50. The zero-order valence-electron chi connectivity index (χ0n) is 21.7. The molecule has 0 aliphatic carbocycles. The van der Waals surface area contributed by atoms with Crippen LogP contribution in [0.3, 0.4) is 0 Å². The number of H-pyrrole nitrogens is 1. The Morgan fingerprint density at radius 3 is 2.65 bits per heavy atom. The average molecular weight is 600 g/mol. The Labute approximate surface area is 232 Å². The Morgan fingerprint density at radius 2 is 2.00 bits per heavy atom. The summed E-state index contributed by atoms with van der Waals surface area (Å²) < 4.78 is 37.1. The van der Waals surface area contributed by atoms with Crippen LogP contribution in [-0.2, 0) is 23.1 Å². The van der Waals surface area contributed by atoms with Gasteiger partial charge in [0.2, 0.25) is 0 Å². The number of hydrogen-bond acceptors (Lipinski definition) is 12. The molecule has 4 atom stereocenters. The van der Waals surface area contributed by atoms with E-state index in [-0.39, 0.29) is 30.1 Å². The maximum atomic E-state index is 13.6. The topological polar surface area (TPSA) is 215 Å². The third-order valence-electron chi connectivity index (χ3n) is 5.97. The molecule has 15 nitrogen and oxygen atoms in total. The summed E-state index contributed by atoms with van der Waals surface area (Å²) in [6, 6.07) is 7.25. The lowest BCUT2D eigenvalue weighted by molar-refractivity contribution is -0.123. The molecule has 0 radical (unpaired) electrons. The number of phosphoric acid groups is 1. The van der Waals surface area contributed by atoms with Crippen LogP contribution >= 0.6 is 19.6 Å². The summed E-state index contributed by atoms with van der Waals surface area (Å²) in [7, 11) is -4.32. The van der Waals surface area contributed by atoms with Crippen molar-refractivity contribution in [1.82, 2.24) is 9.55 Å². The molecule has 0 spiro atoms. The zero-order chi connectivity index (χ0) is 29.3. The molecule has 0 amide bonds. The molecule has 0 saturated carbocycles. The predicted octanol–water partition coefficient (Wildman–Crippen LogP) is 2.28. The normalized spacial score (nSPS) is 20.4. The van der Waals surface area contributed by atoms with E-state index in [0.29, 0.717) is 0 Å². The number of carbonyl (C=O) groups excluding carboxylic acids is 1. The fourth-order valence-corrected chi connectivity index (χ4v) is 5.68. The summed E-state index contributed by atoms with van der Waals surface area (Å²) in [5, 5.41) is 22.0. The number of aliphatic hydroxyl groups is 2. The smallest absolute Gasteiger partial charge is 0.404 e. The average Bonchev–Trinajstić information content (AvgIpc) is 3.34. The third-order valence-corrected chi connectivity index (χ3v) is 8.50. The van der Waals surface area contributed by atoms with Gasteiger partial charge >= 0.3 is 13.5 Å². The van der Waals surface area contributed by atoms with Gasteiger partial charge in [-0.1, -0.05) is 35.1 Å². The molecule has 1 aromatic carbocycles. The molecule has 0 bridgehead atoms. The van der Waals surface area contributed by atoms with Gasteiger partial charge < -0.3 is 19.5 Å². The Morgan fingerprint density at radius 1 is 1.30 bits per heavy atom. The molecule has 3 rings (SSSR count). The van der Waals surface area contributed by atoms with Gasteiger partial charge in [-0.2, -0.15) is 0 Å². The van der Waals surface area contributed by atoms with Crippen molar-refractivity contribution in [3.8, 4) is 5.75 Å². The van der Waals surface area contributed by atoms with Crippen molar-refractivity contribution in [3.63, 3.8) is 0 Å². The highest BCUT2D eigenvalue weighted by Gasteiger charge is 2.40. The van der Waals surface area contributed by atoms with Crippen LogP contribution in [0.1, 0.15) is 25.1 Å². The molecule has 1 aliphatic rings. The number of hydrogen-bond donors (Lipinski definition) is 3. The van der Waals surface area contributed by atoms with Gasteiger partial charge in [-0.05, 0) is 31.5 Å². The zero-order valence-corrected chi connectivity index (χ0v) is 23.5. The number of aliphatic hydroxyl groups excluding tert-OH is 2.